The summed E-state index contributed by atoms with van der Waals surface area (Å²) in [5.41, 5.74) is 5.37. The fourth-order valence-electron chi connectivity index (χ4n) is 2.82. The van der Waals surface area contributed by atoms with Crippen LogP contribution in [0.3, 0.4) is 0 Å². The number of anilines is 1. The first-order valence-electron chi connectivity index (χ1n) is 6.77. The minimum absolute atomic E-state index is 0.496. The Morgan fingerprint density at radius 3 is 2.32 bits per heavy atom. The molecule has 0 bridgehead atoms. The van der Waals surface area contributed by atoms with Gasteiger partial charge in [-0.3, -0.25) is 0 Å². The number of benzene rings is 2. The molecule has 3 rings (SSSR count). The Labute approximate surface area is 114 Å². The van der Waals surface area contributed by atoms with Crippen LogP contribution in [0.4, 0.5) is 5.69 Å². The summed E-state index contributed by atoms with van der Waals surface area (Å²) in [5, 5.41) is 3.66. The molecule has 0 spiro atoms. The Morgan fingerprint density at radius 1 is 1.00 bits per heavy atom. The van der Waals surface area contributed by atoms with E-state index in [1.54, 1.807) is 7.11 Å². The zero-order valence-electron chi connectivity index (χ0n) is 11.2. The minimum Gasteiger partial charge on any atom is -0.381 e. The van der Waals surface area contributed by atoms with Crippen LogP contribution < -0.4 is 5.32 Å². The first kappa shape index (κ1) is 12.2. The zero-order chi connectivity index (χ0) is 13.1. The van der Waals surface area contributed by atoms with Gasteiger partial charge in [0.15, 0.2) is 0 Å². The molecule has 0 fully saturated rings. The van der Waals surface area contributed by atoms with Crippen molar-refractivity contribution < 1.29 is 4.74 Å². The van der Waals surface area contributed by atoms with E-state index in [2.05, 4.69) is 53.8 Å². The van der Waals surface area contributed by atoms with Crippen molar-refractivity contribution in [3.05, 3.63) is 65.2 Å². The summed E-state index contributed by atoms with van der Waals surface area (Å²) in [6.07, 6.45) is 2.22. The lowest BCUT2D eigenvalue weighted by molar-refractivity contribution is 0.185. The largest absolute Gasteiger partial charge is 0.381 e. The van der Waals surface area contributed by atoms with E-state index in [-0.39, 0.29) is 0 Å². The Morgan fingerprint density at radius 2 is 1.63 bits per heavy atom. The van der Waals surface area contributed by atoms with Gasteiger partial charge in [-0.15, -0.1) is 0 Å². The standard InChI is InChI=1S/C17H19NO/c1-19-12-15-8-4-5-9-17(15)18-16-10-13-6-2-3-7-14(13)11-16/h2-9,16,18H,10-12H2,1H3. The highest BCUT2D eigenvalue weighted by atomic mass is 16.5. The third kappa shape index (κ3) is 2.64. The fraction of sp³-hybridized carbons (Fsp3) is 0.294. The highest BCUT2D eigenvalue weighted by Crippen LogP contribution is 2.26. The Balaban J connectivity index is 1.74. The number of hydrogen-bond donors (Lipinski definition) is 1. The van der Waals surface area contributed by atoms with E-state index in [0.717, 1.165) is 12.8 Å². The van der Waals surface area contributed by atoms with Crippen LogP contribution in [0.15, 0.2) is 48.5 Å². The number of ether oxygens (including phenoxy) is 1. The molecule has 2 heteroatoms. The van der Waals surface area contributed by atoms with Gasteiger partial charge in [0.2, 0.25) is 0 Å². The van der Waals surface area contributed by atoms with Gasteiger partial charge in [-0.1, -0.05) is 42.5 Å². The second-order valence-corrected chi connectivity index (χ2v) is 5.11. The van der Waals surface area contributed by atoms with Gasteiger partial charge in [0.05, 0.1) is 6.61 Å². The van der Waals surface area contributed by atoms with Gasteiger partial charge in [-0.25, -0.2) is 0 Å². The average molecular weight is 253 g/mol. The minimum atomic E-state index is 0.496. The van der Waals surface area contributed by atoms with Crippen LogP contribution in [0.2, 0.25) is 0 Å². The molecule has 0 aliphatic heterocycles. The van der Waals surface area contributed by atoms with Crippen molar-refractivity contribution in [2.75, 3.05) is 12.4 Å². The summed E-state index contributed by atoms with van der Waals surface area (Å²) in [6.45, 7) is 0.656. The van der Waals surface area contributed by atoms with E-state index in [0.29, 0.717) is 12.6 Å². The molecular formula is C17H19NO. The predicted octanol–water partition coefficient (Wildman–Crippen LogP) is 3.41. The lowest BCUT2D eigenvalue weighted by Gasteiger charge is -2.16. The molecule has 2 nitrogen and oxygen atoms in total. The molecule has 1 aliphatic carbocycles. The maximum absolute atomic E-state index is 5.25. The third-order valence-corrected chi connectivity index (χ3v) is 3.73. The number of nitrogens with one attached hydrogen (secondary N) is 1. The molecule has 98 valence electrons. The van der Waals surface area contributed by atoms with Crippen LogP contribution in [-0.4, -0.2) is 13.2 Å². The van der Waals surface area contributed by atoms with Crippen molar-refractivity contribution >= 4 is 5.69 Å². The van der Waals surface area contributed by atoms with Crippen molar-refractivity contribution in [2.24, 2.45) is 0 Å². The fourth-order valence-corrected chi connectivity index (χ4v) is 2.82. The summed E-state index contributed by atoms with van der Waals surface area (Å²) in [4.78, 5) is 0. The van der Waals surface area contributed by atoms with Gasteiger partial charge in [0.1, 0.15) is 0 Å². The summed E-state index contributed by atoms with van der Waals surface area (Å²) in [7, 11) is 1.74. The second-order valence-electron chi connectivity index (χ2n) is 5.11. The van der Waals surface area contributed by atoms with Crippen LogP contribution in [-0.2, 0) is 24.2 Å². The summed E-state index contributed by atoms with van der Waals surface area (Å²) in [5.74, 6) is 0. The maximum Gasteiger partial charge on any atom is 0.0733 e. The van der Waals surface area contributed by atoms with E-state index in [9.17, 15) is 0 Å². The van der Waals surface area contributed by atoms with Gasteiger partial charge in [0.25, 0.3) is 0 Å². The molecule has 0 aromatic heterocycles. The second kappa shape index (κ2) is 5.45. The van der Waals surface area contributed by atoms with Crippen molar-refractivity contribution in [1.82, 2.24) is 0 Å². The maximum atomic E-state index is 5.25. The normalized spacial score (nSPS) is 14.4. The number of rotatable bonds is 4. The van der Waals surface area contributed by atoms with Crippen LogP contribution in [0, 0.1) is 0 Å². The molecule has 1 aliphatic rings. The Hall–Kier alpha value is -1.80. The molecule has 0 saturated heterocycles. The Bertz CT molecular complexity index is 540. The molecule has 1 N–H and O–H groups in total. The van der Waals surface area contributed by atoms with E-state index in [4.69, 9.17) is 4.74 Å². The van der Waals surface area contributed by atoms with E-state index < -0.39 is 0 Å². The summed E-state index contributed by atoms with van der Waals surface area (Å²) in [6, 6.07) is 17.6. The number of hydrogen-bond acceptors (Lipinski definition) is 2. The highest BCUT2D eigenvalue weighted by molar-refractivity contribution is 5.53. The molecule has 2 aromatic carbocycles. The number of para-hydroxylation sites is 1. The monoisotopic (exact) mass is 253 g/mol. The Kier molecular flexibility index (Phi) is 3.51. The van der Waals surface area contributed by atoms with Crippen molar-refractivity contribution in [2.45, 2.75) is 25.5 Å². The smallest absolute Gasteiger partial charge is 0.0733 e. The molecule has 0 radical (unpaired) electrons. The van der Waals surface area contributed by atoms with E-state index in [1.165, 1.54) is 22.4 Å². The van der Waals surface area contributed by atoms with Crippen molar-refractivity contribution in [3.8, 4) is 0 Å². The van der Waals surface area contributed by atoms with Gasteiger partial charge in [-0.05, 0) is 30.0 Å². The molecule has 0 unspecified atom stereocenters. The first-order valence-corrected chi connectivity index (χ1v) is 6.77. The van der Waals surface area contributed by atoms with Gasteiger partial charge >= 0.3 is 0 Å². The van der Waals surface area contributed by atoms with Gasteiger partial charge < -0.3 is 10.1 Å². The van der Waals surface area contributed by atoms with Crippen LogP contribution in [0.1, 0.15) is 16.7 Å². The number of methoxy groups -OCH3 is 1. The molecule has 19 heavy (non-hydrogen) atoms. The third-order valence-electron chi connectivity index (χ3n) is 3.73. The molecule has 2 aromatic rings. The average Bonchev–Trinajstić information content (AvgIpc) is 2.83. The van der Waals surface area contributed by atoms with E-state index >= 15 is 0 Å². The SMILES string of the molecule is COCc1ccccc1NC1Cc2ccccc2C1. The zero-order valence-corrected chi connectivity index (χ0v) is 11.2. The van der Waals surface area contributed by atoms with E-state index in [1.807, 2.05) is 0 Å². The van der Waals surface area contributed by atoms with Crippen LogP contribution in [0.25, 0.3) is 0 Å². The van der Waals surface area contributed by atoms with Gasteiger partial charge in [0, 0.05) is 24.4 Å². The summed E-state index contributed by atoms with van der Waals surface area (Å²) < 4.78 is 5.25. The summed E-state index contributed by atoms with van der Waals surface area (Å²) >= 11 is 0. The molecule has 0 heterocycles. The lowest BCUT2D eigenvalue weighted by atomic mass is 10.1. The molecule has 0 saturated carbocycles. The van der Waals surface area contributed by atoms with Crippen molar-refractivity contribution in [1.29, 1.82) is 0 Å². The van der Waals surface area contributed by atoms with Gasteiger partial charge in [-0.2, -0.15) is 0 Å². The topological polar surface area (TPSA) is 21.3 Å². The van der Waals surface area contributed by atoms with Crippen LogP contribution in [0.5, 0.6) is 0 Å². The highest BCUT2D eigenvalue weighted by Gasteiger charge is 2.21. The lowest BCUT2D eigenvalue weighted by Crippen LogP contribution is -2.20. The predicted molar refractivity (Wildman–Crippen MR) is 78.4 cm³/mol. The van der Waals surface area contributed by atoms with Crippen LogP contribution >= 0.6 is 0 Å². The number of fused-ring (bicyclic) bond motifs is 1. The molecular weight excluding hydrogens is 234 g/mol. The quantitative estimate of drug-likeness (QED) is 0.901. The first-order chi connectivity index (χ1) is 9.36. The molecule has 0 atom stereocenters. The van der Waals surface area contributed by atoms with Crippen molar-refractivity contribution in [3.63, 3.8) is 0 Å². The molecule has 0 amide bonds.